The molecule has 0 saturated carbocycles. The first kappa shape index (κ1) is 13.4. The van der Waals surface area contributed by atoms with E-state index in [-0.39, 0.29) is 5.95 Å². The van der Waals surface area contributed by atoms with Gasteiger partial charge in [0.25, 0.3) is 0 Å². The van der Waals surface area contributed by atoms with Crippen LogP contribution in [0.5, 0.6) is 0 Å². The summed E-state index contributed by atoms with van der Waals surface area (Å²) >= 11 is 5.83. The molecule has 1 unspecified atom stereocenters. The number of hydrogen-bond acceptors (Lipinski definition) is 5. The van der Waals surface area contributed by atoms with Crippen molar-refractivity contribution in [3.63, 3.8) is 0 Å². The lowest BCUT2D eigenvalue weighted by atomic mass is 10.1. The average molecular weight is 270 g/mol. The van der Waals surface area contributed by atoms with Crippen molar-refractivity contribution in [3.05, 3.63) is 11.2 Å². The lowest BCUT2D eigenvalue weighted by Gasteiger charge is -2.32. The van der Waals surface area contributed by atoms with Gasteiger partial charge in [0.2, 0.25) is 5.95 Å². The van der Waals surface area contributed by atoms with Gasteiger partial charge in [0, 0.05) is 18.7 Å². The molecule has 0 spiro atoms. The van der Waals surface area contributed by atoms with Crippen molar-refractivity contribution in [3.8, 4) is 0 Å². The van der Waals surface area contributed by atoms with Crippen molar-refractivity contribution in [1.82, 2.24) is 14.9 Å². The molecule has 0 aromatic carbocycles. The maximum Gasteiger partial charge on any atom is 0.223 e. The number of halogens is 1. The highest BCUT2D eigenvalue weighted by molar-refractivity contribution is 6.29. The van der Waals surface area contributed by atoms with Crippen LogP contribution in [0, 0.1) is 0 Å². The Morgan fingerprint density at radius 2 is 2.11 bits per heavy atom. The highest BCUT2D eigenvalue weighted by Gasteiger charge is 2.16. The molecule has 1 aromatic heterocycles. The Morgan fingerprint density at radius 1 is 1.39 bits per heavy atom. The maximum absolute atomic E-state index is 5.83. The van der Waals surface area contributed by atoms with Crippen molar-refractivity contribution in [1.29, 1.82) is 0 Å². The van der Waals surface area contributed by atoms with E-state index in [0.29, 0.717) is 17.0 Å². The third-order valence-corrected chi connectivity index (χ3v) is 3.50. The minimum Gasteiger partial charge on any atom is -0.368 e. The molecule has 100 valence electrons. The van der Waals surface area contributed by atoms with E-state index in [1.807, 2.05) is 0 Å². The van der Waals surface area contributed by atoms with Crippen molar-refractivity contribution in [2.45, 2.75) is 32.2 Å². The SMILES string of the molecule is CC(CNc1cc(Cl)nc(N)n1)N1CCCCC1. The summed E-state index contributed by atoms with van der Waals surface area (Å²) < 4.78 is 0. The van der Waals surface area contributed by atoms with Gasteiger partial charge in [-0.05, 0) is 32.9 Å². The highest BCUT2D eigenvalue weighted by Crippen LogP contribution is 2.15. The first-order valence-electron chi connectivity index (χ1n) is 6.43. The Balaban J connectivity index is 1.86. The average Bonchev–Trinajstić information content (AvgIpc) is 2.36. The molecule has 1 aliphatic heterocycles. The number of nitrogen functional groups attached to an aromatic ring is 1. The standard InChI is InChI=1S/C12H20ClN5/c1-9(18-5-3-2-4-6-18)8-15-11-7-10(13)16-12(14)17-11/h7,9H,2-6,8H2,1H3,(H3,14,15,16,17). The van der Waals surface area contributed by atoms with E-state index in [2.05, 4.69) is 27.1 Å². The molecule has 3 N–H and O–H groups in total. The maximum atomic E-state index is 5.83. The van der Waals surface area contributed by atoms with E-state index in [0.717, 1.165) is 6.54 Å². The van der Waals surface area contributed by atoms with Gasteiger partial charge < -0.3 is 11.1 Å². The third kappa shape index (κ3) is 3.71. The Kier molecular flexibility index (Phi) is 4.60. The van der Waals surface area contributed by atoms with Gasteiger partial charge >= 0.3 is 0 Å². The van der Waals surface area contributed by atoms with Crippen LogP contribution in [-0.4, -0.2) is 40.5 Å². The van der Waals surface area contributed by atoms with Crippen molar-refractivity contribution in [2.75, 3.05) is 30.7 Å². The molecule has 0 radical (unpaired) electrons. The number of anilines is 2. The summed E-state index contributed by atoms with van der Waals surface area (Å²) in [6, 6.07) is 2.18. The van der Waals surface area contributed by atoms with E-state index in [1.165, 1.54) is 32.4 Å². The van der Waals surface area contributed by atoms with Gasteiger partial charge in [-0.1, -0.05) is 18.0 Å². The van der Waals surface area contributed by atoms with Crippen LogP contribution in [-0.2, 0) is 0 Å². The normalized spacial score (nSPS) is 18.6. The quantitative estimate of drug-likeness (QED) is 0.819. The van der Waals surface area contributed by atoms with Crippen LogP contribution in [0.1, 0.15) is 26.2 Å². The second-order valence-electron chi connectivity index (χ2n) is 4.76. The lowest BCUT2D eigenvalue weighted by molar-refractivity contribution is 0.180. The highest BCUT2D eigenvalue weighted by atomic mass is 35.5. The smallest absolute Gasteiger partial charge is 0.223 e. The van der Waals surface area contributed by atoms with Crippen LogP contribution in [0.4, 0.5) is 11.8 Å². The Bertz CT molecular complexity index is 372. The zero-order valence-electron chi connectivity index (χ0n) is 10.7. The van der Waals surface area contributed by atoms with E-state index in [1.54, 1.807) is 6.07 Å². The molecule has 6 heteroatoms. The topological polar surface area (TPSA) is 67.1 Å². The van der Waals surface area contributed by atoms with Gasteiger partial charge in [0.1, 0.15) is 11.0 Å². The summed E-state index contributed by atoms with van der Waals surface area (Å²) in [4.78, 5) is 10.4. The number of rotatable bonds is 4. The first-order valence-corrected chi connectivity index (χ1v) is 6.81. The number of nitrogens with two attached hydrogens (primary N) is 1. The molecule has 1 aromatic rings. The summed E-state index contributed by atoms with van der Waals surface area (Å²) in [5.41, 5.74) is 5.55. The van der Waals surface area contributed by atoms with Crippen molar-refractivity contribution in [2.24, 2.45) is 0 Å². The van der Waals surface area contributed by atoms with Crippen LogP contribution in [0.25, 0.3) is 0 Å². The van der Waals surface area contributed by atoms with Gasteiger partial charge in [0.15, 0.2) is 0 Å². The lowest BCUT2D eigenvalue weighted by Crippen LogP contribution is -2.41. The predicted octanol–water partition coefficient (Wildman–Crippen LogP) is 2.00. The molecule has 1 atom stereocenters. The van der Waals surface area contributed by atoms with Crippen LogP contribution in [0.3, 0.4) is 0 Å². The summed E-state index contributed by atoms with van der Waals surface area (Å²) in [5.74, 6) is 0.895. The number of hydrogen-bond donors (Lipinski definition) is 2. The number of piperidine rings is 1. The molecule has 1 fully saturated rings. The molecule has 1 aliphatic rings. The molecule has 0 aliphatic carbocycles. The summed E-state index contributed by atoms with van der Waals surface area (Å²) in [6.45, 7) is 5.45. The van der Waals surface area contributed by atoms with Gasteiger partial charge in [0.05, 0.1) is 0 Å². The van der Waals surface area contributed by atoms with Crippen LogP contribution < -0.4 is 11.1 Å². The molecule has 1 saturated heterocycles. The second kappa shape index (κ2) is 6.20. The third-order valence-electron chi connectivity index (χ3n) is 3.30. The minimum atomic E-state index is 0.204. The molecule has 5 nitrogen and oxygen atoms in total. The van der Waals surface area contributed by atoms with E-state index in [4.69, 9.17) is 17.3 Å². The number of aromatic nitrogens is 2. The molecule has 18 heavy (non-hydrogen) atoms. The van der Waals surface area contributed by atoms with Crippen LogP contribution in [0.2, 0.25) is 5.15 Å². The van der Waals surface area contributed by atoms with Crippen LogP contribution in [0.15, 0.2) is 6.07 Å². The minimum absolute atomic E-state index is 0.204. The van der Waals surface area contributed by atoms with Gasteiger partial charge in [-0.15, -0.1) is 0 Å². The second-order valence-corrected chi connectivity index (χ2v) is 5.15. The molecule has 0 amide bonds. The van der Waals surface area contributed by atoms with E-state index < -0.39 is 0 Å². The Morgan fingerprint density at radius 3 is 2.78 bits per heavy atom. The Labute approximate surface area is 113 Å². The zero-order chi connectivity index (χ0) is 13.0. The molecular weight excluding hydrogens is 250 g/mol. The Hall–Kier alpha value is -1.07. The predicted molar refractivity (Wildman–Crippen MR) is 74.8 cm³/mol. The number of likely N-dealkylation sites (tertiary alicyclic amines) is 1. The largest absolute Gasteiger partial charge is 0.368 e. The van der Waals surface area contributed by atoms with Gasteiger partial charge in [-0.3, -0.25) is 4.90 Å². The fraction of sp³-hybridized carbons (Fsp3) is 0.667. The van der Waals surface area contributed by atoms with E-state index in [9.17, 15) is 0 Å². The summed E-state index contributed by atoms with van der Waals surface area (Å²) in [5, 5.41) is 3.64. The monoisotopic (exact) mass is 269 g/mol. The fourth-order valence-corrected chi connectivity index (χ4v) is 2.46. The van der Waals surface area contributed by atoms with Crippen molar-refractivity contribution < 1.29 is 0 Å². The number of nitrogens with zero attached hydrogens (tertiary/aromatic N) is 3. The first-order chi connectivity index (χ1) is 8.65. The molecular formula is C12H20ClN5. The number of nitrogens with one attached hydrogen (secondary N) is 1. The molecule has 2 rings (SSSR count). The summed E-state index contributed by atoms with van der Waals surface area (Å²) in [6.07, 6.45) is 3.96. The van der Waals surface area contributed by atoms with Crippen molar-refractivity contribution >= 4 is 23.4 Å². The molecule has 0 bridgehead atoms. The van der Waals surface area contributed by atoms with Gasteiger partial charge in [-0.2, -0.15) is 4.98 Å². The molecule has 2 heterocycles. The zero-order valence-corrected chi connectivity index (χ0v) is 11.5. The fourth-order valence-electron chi connectivity index (χ4n) is 2.27. The van der Waals surface area contributed by atoms with E-state index >= 15 is 0 Å². The van der Waals surface area contributed by atoms with Crippen LogP contribution >= 0.6 is 11.6 Å². The van der Waals surface area contributed by atoms with Gasteiger partial charge in [-0.25, -0.2) is 4.98 Å². The summed E-state index contributed by atoms with van der Waals surface area (Å²) in [7, 11) is 0.